The lowest BCUT2D eigenvalue weighted by molar-refractivity contribution is -0.112. The molecule has 0 unspecified atom stereocenters. The Hall–Kier alpha value is -2.28. The SMILES string of the molecule is NC(=O)C#Cc1cnc2ccccn12. The van der Waals surface area contributed by atoms with Crippen molar-refractivity contribution >= 4 is 11.6 Å². The van der Waals surface area contributed by atoms with Crippen molar-refractivity contribution in [1.29, 1.82) is 0 Å². The van der Waals surface area contributed by atoms with Crippen molar-refractivity contribution in [3.8, 4) is 11.8 Å². The molecule has 0 fully saturated rings. The van der Waals surface area contributed by atoms with Crippen LogP contribution in [0.15, 0.2) is 30.6 Å². The zero-order valence-corrected chi connectivity index (χ0v) is 7.27. The molecule has 2 rings (SSSR count). The standard InChI is InChI=1S/C10H7N3O/c11-9(14)5-4-8-7-12-10-3-1-2-6-13(8)10/h1-3,6-7H,(H2,11,14). The fraction of sp³-hybridized carbons (Fsp3) is 0. The normalized spacial score (nSPS) is 9.43. The van der Waals surface area contributed by atoms with E-state index in [4.69, 9.17) is 5.73 Å². The Bertz CT molecular complexity index is 545. The van der Waals surface area contributed by atoms with Crippen LogP contribution in [-0.2, 0) is 4.79 Å². The van der Waals surface area contributed by atoms with E-state index in [2.05, 4.69) is 16.8 Å². The minimum atomic E-state index is -0.643. The predicted molar refractivity (Wildman–Crippen MR) is 51.3 cm³/mol. The highest BCUT2D eigenvalue weighted by atomic mass is 16.1. The first-order valence-corrected chi connectivity index (χ1v) is 4.01. The molecule has 1 amide bonds. The summed E-state index contributed by atoms with van der Waals surface area (Å²) in [6.45, 7) is 0. The van der Waals surface area contributed by atoms with Crippen LogP contribution in [0.4, 0.5) is 0 Å². The van der Waals surface area contributed by atoms with Crippen LogP contribution in [0.1, 0.15) is 5.69 Å². The number of aromatic nitrogens is 2. The van der Waals surface area contributed by atoms with Crippen molar-refractivity contribution in [1.82, 2.24) is 9.38 Å². The molecule has 2 heterocycles. The van der Waals surface area contributed by atoms with E-state index in [1.54, 1.807) is 10.6 Å². The number of pyridine rings is 1. The number of primary amides is 1. The van der Waals surface area contributed by atoms with Gasteiger partial charge in [0.2, 0.25) is 0 Å². The second-order valence-corrected chi connectivity index (χ2v) is 2.69. The van der Waals surface area contributed by atoms with Gasteiger partial charge in [0.05, 0.1) is 6.20 Å². The summed E-state index contributed by atoms with van der Waals surface area (Å²) in [5.74, 6) is 4.27. The number of rotatable bonds is 0. The van der Waals surface area contributed by atoms with Gasteiger partial charge >= 0.3 is 0 Å². The van der Waals surface area contributed by atoms with Crippen LogP contribution in [0.25, 0.3) is 5.65 Å². The highest BCUT2D eigenvalue weighted by molar-refractivity contribution is 5.92. The van der Waals surface area contributed by atoms with Gasteiger partial charge in [-0.1, -0.05) is 6.07 Å². The molecule has 4 nitrogen and oxygen atoms in total. The summed E-state index contributed by atoms with van der Waals surface area (Å²) in [5.41, 5.74) is 6.36. The summed E-state index contributed by atoms with van der Waals surface area (Å²) >= 11 is 0. The Morgan fingerprint density at radius 3 is 3.14 bits per heavy atom. The number of nitrogens with zero attached hydrogens (tertiary/aromatic N) is 2. The third kappa shape index (κ3) is 1.43. The largest absolute Gasteiger partial charge is 0.359 e. The zero-order chi connectivity index (χ0) is 9.97. The van der Waals surface area contributed by atoms with Gasteiger partial charge in [0.15, 0.2) is 0 Å². The molecule has 0 bridgehead atoms. The van der Waals surface area contributed by atoms with Gasteiger partial charge in [0, 0.05) is 12.1 Å². The predicted octanol–water partition coefficient (Wildman–Crippen LogP) is 0.171. The van der Waals surface area contributed by atoms with Crippen LogP contribution >= 0.6 is 0 Å². The number of imidazole rings is 1. The molecule has 0 saturated heterocycles. The molecular formula is C10H7N3O. The summed E-state index contributed by atoms with van der Waals surface area (Å²) in [4.78, 5) is 14.6. The molecule has 0 aromatic carbocycles. The summed E-state index contributed by atoms with van der Waals surface area (Å²) in [6, 6.07) is 5.60. The number of fused-ring (bicyclic) bond motifs is 1. The minimum absolute atomic E-state index is 0.643. The van der Waals surface area contributed by atoms with Gasteiger partial charge in [-0.15, -0.1) is 0 Å². The van der Waals surface area contributed by atoms with Crippen molar-refractivity contribution in [2.75, 3.05) is 0 Å². The van der Waals surface area contributed by atoms with E-state index in [0.29, 0.717) is 5.69 Å². The highest BCUT2D eigenvalue weighted by Gasteiger charge is 1.97. The zero-order valence-electron chi connectivity index (χ0n) is 7.27. The minimum Gasteiger partial charge on any atom is -0.359 e. The van der Waals surface area contributed by atoms with Crippen molar-refractivity contribution < 1.29 is 4.79 Å². The molecule has 0 aliphatic carbocycles. The first-order chi connectivity index (χ1) is 6.77. The van der Waals surface area contributed by atoms with Crippen LogP contribution in [0.2, 0.25) is 0 Å². The number of hydrogen-bond acceptors (Lipinski definition) is 2. The maximum absolute atomic E-state index is 10.4. The average Bonchev–Trinajstić information content (AvgIpc) is 2.58. The molecule has 0 aliphatic heterocycles. The van der Waals surface area contributed by atoms with E-state index in [9.17, 15) is 4.79 Å². The Morgan fingerprint density at radius 1 is 1.50 bits per heavy atom. The van der Waals surface area contributed by atoms with E-state index in [1.807, 2.05) is 24.4 Å². The maximum atomic E-state index is 10.4. The third-order valence-electron chi connectivity index (χ3n) is 1.73. The number of carbonyl (C=O) groups is 1. The first-order valence-electron chi connectivity index (χ1n) is 4.01. The maximum Gasteiger partial charge on any atom is 0.293 e. The lowest BCUT2D eigenvalue weighted by Gasteiger charge is -1.91. The van der Waals surface area contributed by atoms with E-state index < -0.39 is 5.91 Å². The van der Waals surface area contributed by atoms with Crippen LogP contribution in [0.3, 0.4) is 0 Å². The van der Waals surface area contributed by atoms with Gasteiger partial charge < -0.3 is 5.73 Å². The molecule has 14 heavy (non-hydrogen) atoms. The van der Waals surface area contributed by atoms with Gasteiger partial charge in [-0.05, 0) is 18.1 Å². The van der Waals surface area contributed by atoms with Gasteiger partial charge in [-0.25, -0.2) is 4.98 Å². The quantitative estimate of drug-likeness (QED) is 0.595. The Balaban J connectivity index is 2.55. The third-order valence-corrected chi connectivity index (χ3v) is 1.73. The van der Waals surface area contributed by atoms with Gasteiger partial charge in [-0.2, -0.15) is 0 Å². The molecule has 0 spiro atoms. The lowest BCUT2D eigenvalue weighted by Crippen LogP contribution is -2.06. The molecule has 0 radical (unpaired) electrons. The number of carbonyl (C=O) groups excluding carboxylic acids is 1. The summed E-state index contributed by atoms with van der Waals surface area (Å²) in [6.07, 6.45) is 3.43. The molecule has 0 atom stereocenters. The second kappa shape index (κ2) is 3.23. The van der Waals surface area contributed by atoms with Crippen LogP contribution in [0, 0.1) is 11.8 Å². The lowest BCUT2D eigenvalue weighted by atomic mass is 10.4. The van der Waals surface area contributed by atoms with Crippen LogP contribution in [-0.4, -0.2) is 15.3 Å². The summed E-state index contributed by atoms with van der Waals surface area (Å²) in [5, 5.41) is 0. The van der Waals surface area contributed by atoms with Gasteiger partial charge in [0.25, 0.3) is 5.91 Å². The van der Waals surface area contributed by atoms with E-state index in [1.165, 1.54) is 0 Å². The summed E-state index contributed by atoms with van der Waals surface area (Å²) < 4.78 is 1.79. The van der Waals surface area contributed by atoms with Crippen LogP contribution in [0.5, 0.6) is 0 Å². The topological polar surface area (TPSA) is 60.4 Å². The Labute approximate surface area is 80.4 Å². The molecule has 2 aromatic heterocycles. The second-order valence-electron chi connectivity index (χ2n) is 2.69. The number of nitrogens with two attached hydrogens (primary N) is 1. The van der Waals surface area contributed by atoms with Gasteiger partial charge in [-0.3, -0.25) is 9.20 Å². The molecule has 4 heteroatoms. The smallest absolute Gasteiger partial charge is 0.293 e. The monoisotopic (exact) mass is 185 g/mol. The van der Waals surface area contributed by atoms with Crippen molar-refractivity contribution in [3.05, 3.63) is 36.3 Å². The molecule has 68 valence electrons. The molecule has 2 aromatic rings. The first kappa shape index (κ1) is 8.32. The van der Waals surface area contributed by atoms with Crippen molar-refractivity contribution in [2.45, 2.75) is 0 Å². The Kier molecular flexibility index (Phi) is 1.92. The Morgan fingerprint density at radius 2 is 2.36 bits per heavy atom. The fourth-order valence-corrected chi connectivity index (χ4v) is 1.15. The van der Waals surface area contributed by atoms with E-state index >= 15 is 0 Å². The highest BCUT2D eigenvalue weighted by Crippen LogP contribution is 2.03. The van der Waals surface area contributed by atoms with E-state index in [-0.39, 0.29) is 0 Å². The van der Waals surface area contributed by atoms with Gasteiger partial charge in [0.1, 0.15) is 11.3 Å². The van der Waals surface area contributed by atoms with Crippen molar-refractivity contribution in [2.24, 2.45) is 5.73 Å². The number of hydrogen-bond donors (Lipinski definition) is 1. The van der Waals surface area contributed by atoms with E-state index in [0.717, 1.165) is 5.65 Å². The molecule has 0 saturated carbocycles. The average molecular weight is 185 g/mol. The fourth-order valence-electron chi connectivity index (χ4n) is 1.15. The van der Waals surface area contributed by atoms with Crippen molar-refractivity contribution in [3.63, 3.8) is 0 Å². The molecule has 0 aliphatic rings. The number of amides is 1. The molecular weight excluding hydrogens is 178 g/mol. The molecule has 2 N–H and O–H groups in total. The van der Waals surface area contributed by atoms with Crippen LogP contribution < -0.4 is 5.73 Å². The summed E-state index contributed by atoms with van der Waals surface area (Å²) in [7, 11) is 0.